The van der Waals surface area contributed by atoms with Crippen LogP contribution in [0, 0.1) is 0 Å². The van der Waals surface area contributed by atoms with E-state index in [0.717, 1.165) is 5.56 Å². The van der Waals surface area contributed by atoms with Crippen molar-refractivity contribution in [1.82, 2.24) is 0 Å². The molecule has 0 saturated heterocycles. The molecule has 0 fully saturated rings. The second kappa shape index (κ2) is 6.65. The zero-order valence-corrected chi connectivity index (χ0v) is 8.41. The molecule has 78 valence electrons. The smallest absolute Gasteiger partial charge is 0.140 e. The van der Waals surface area contributed by atoms with E-state index in [9.17, 15) is 0 Å². The highest BCUT2D eigenvalue weighted by Gasteiger charge is 2.06. The Balaban J connectivity index is 2.58. The summed E-state index contributed by atoms with van der Waals surface area (Å²) in [5, 5.41) is 3.57. The molecule has 0 N–H and O–H groups in total. The van der Waals surface area contributed by atoms with Gasteiger partial charge in [0.25, 0.3) is 0 Å². The van der Waals surface area contributed by atoms with E-state index in [2.05, 4.69) is 16.6 Å². The maximum atomic E-state index is 8.37. The second-order valence-corrected chi connectivity index (χ2v) is 2.97. The topological polar surface area (TPSA) is 58.0 Å². The molecule has 0 bridgehead atoms. The summed E-state index contributed by atoms with van der Waals surface area (Å²) in [6, 6.07) is 9.76. The summed E-state index contributed by atoms with van der Waals surface area (Å²) in [5.74, 6) is 0. The highest BCUT2D eigenvalue weighted by Crippen LogP contribution is 2.07. The number of rotatable bonds is 6. The van der Waals surface area contributed by atoms with E-state index in [1.807, 2.05) is 30.3 Å². The van der Waals surface area contributed by atoms with Gasteiger partial charge in [-0.2, -0.15) is 0 Å². The predicted octanol–water partition coefficient (Wildman–Crippen LogP) is 3.07. The van der Waals surface area contributed by atoms with Crippen LogP contribution in [0.15, 0.2) is 48.1 Å². The van der Waals surface area contributed by atoms with E-state index in [4.69, 9.17) is 10.3 Å². The Morgan fingerprint density at radius 2 is 2.20 bits per heavy atom. The van der Waals surface area contributed by atoms with Gasteiger partial charge in [0, 0.05) is 11.3 Å². The molecule has 0 amide bonds. The quantitative estimate of drug-likeness (QED) is 0.303. The zero-order valence-electron chi connectivity index (χ0n) is 8.41. The number of ether oxygens (including phenoxy) is 1. The van der Waals surface area contributed by atoms with E-state index in [1.54, 1.807) is 6.08 Å². The van der Waals surface area contributed by atoms with E-state index in [0.29, 0.717) is 13.0 Å². The van der Waals surface area contributed by atoms with Crippen molar-refractivity contribution in [3.8, 4) is 0 Å². The van der Waals surface area contributed by atoms with Crippen LogP contribution < -0.4 is 0 Å². The van der Waals surface area contributed by atoms with Crippen molar-refractivity contribution in [2.24, 2.45) is 5.11 Å². The number of nitrogens with zero attached hydrogens (tertiary/aromatic N) is 3. The Morgan fingerprint density at radius 1 is 1.47 bits per heavy atom. The van der Waals surface area contributed by atoms with E-state index >= 15 is 0 Å². The molecular weight excluding hydrogens is 190 g/mol. The van der Waals surface area contributed by atoms with Gasteiger partial charge < -0.3 is 4.74 Å². The minimum atomic E-state index is -0.463. The zero-order chi connectivity index (χ0) is 10.9. The van der Waals surface area contributed by atoms with Crippen molar-refractivity contribution in [3.63, 3.8) is 0 Å². The average Bonchev–Trinajstić information content (AvgIpc) is 2.28. The molecule has 1 unspecified atom stereocenters. The van der Waals surface area contributed by atoms with Crippen LogP contribution in [0.3, 0.4) is 0 Å². The normalized spacial score (nSPS) is 11.5. The van der Waals surface area contributed by atoms with Gasteiger partial charge >= 0.3 is 0 Å². The highest BCUT2D eigenvalue weighted by molar-refractivity contribution is 5.15. The molecule has 0 heterocycles. The second-order valence-electron chi connectivity index (χ2n) is 2.97. The van der Waals surface area contributed by atoms with Crippen molar-refractivity contribution < 1.29 is 4.74 Å². The summed E-state index contributed by atoms with van der Waals surface area (Å²) >= 11 is 0. The highest BCUT2D eigenvalue weighted by atomic mass is 16.5. The first-order chi connectivity index (χ1) is 7.36. The van der Waals surface area contributed by atoms with Crippen LogP contribution in [0.25, 0.3) is 10.4 Å². The largest absolute Gasteiger partial charge is 0.368 e. The van der Waals surface area contributed by atoms with Crippen LogP contribution in [0.5, 0.6) is 0 Å². The Bertz CT molecular complexity index is 344. The first-order valence-corrected chi connectivity index (χ1v) is 4.67. The molecule has 15 heavy (non-hydrogen) atoms. The lowest BCUT2D eigenvalue weighted by molar-refractivity contribution is 0.0801. The first-order valence-electron chi connectivity index (χ1n) is 4.67. The van der Waals surface area contributed by atoms with Crippen molar-refractivity contribution in [3.05, 3.63) is 59.0 Å². The third-order valence-electron chi connectivity index (χ3n) is 1.84. The number of hydrogen-bond donors (Lipinski definition) is 0. The molecule has 4 nitrogen and oxygen atoms in total. The lowest BCUT2D eigenvalue weighted by Crippen LogP contribution is -2.12. The molecule has 0 aliphatic heterocycles. The van der Waals surface area contributed by atoms with Gasteiger partial charge in [-0.25, -0.2) is 0 Å². The molecule has 1 aromatic rings. The standard InChI is InChI=1S/C11H13N3O/c1-2-8-15-11(13-14-12)9-10-6-4-3-5-7-10/h2-7,11H,1,8-9H2. The molecule has 0 aliphatic rings. The summed E-state index contributed by atoms with van der Waals surface area (Å²) in [7, 11) is 0. The van der Waals surface area contributed by atoms with Gasteiger partial charge in [-0.15, -0.1) is 6.58 Å². The van der Waals surface area contributed by atoms with Gasteiger partial charge in [0.1, 0.15) is 6.23 Å². The van der Waals surface area contributed by atoms with Gasteiger partial charge in [0.15, 0.2) is 0 Å². The van der Waals surface area contributed by atoms with Crippen molar-refractivity contribution in [2.45, 2.75) is 12.6 Å². The molecule has 1 rings (SSSR count). The van der Waals surface area contributed by atoms with E-state index < -0.39 is 6.23 Å². The lowest BCUT2D eigenvalue weighted by atomic mass is 10.1. The number of benzene rings is 1. The Hall–Kier alpha value is -1.77. The minimum absolute atomic E-state index is 0.385. The minimum Gasteiger partial charge on any atom is -0.368 e. The van der Waals surface area contributed by atoms with Crippen molar-refractivity contribution >= 4 is 0 Å². The first kappa shape index (κ1) is 11.3. The summed E-state index contributed by atoms with van der Waals surface area (Å²) < 4.78 is 5.30. The fraction of sp³-hybridized carbons (Fsp3) is 0.273. The maximum absolute atomic E-state index is 8.37. The summed E-state index contributed by atoms with van der Waals surface area (Å²) in [6.45, 7) is 3.93. The van der Waals surface area contributed by atoms with E-state index in [-0.39, 0.29) is 0 Å². The fourth-order valence-corrected chi connectivity index (χ4v) is 1.19. The maximum Gasteiger partial charge on any atom is 0.140 e. The van der Waals surface area contributed by atoms with Gasteiger partial charge in [-0.05, 0) is 11.1 Å². The van der Waals surface area contributed by atoms with Crippen molar-refractivity contribution in [1.29, 1.82) is 0 Å². The monoisotopic (exact) mass is 203 g/mol. The third-order valence-corrected chi connectivity index (χ3v) is 1.84. The van der Waals surface area contributed by atoms with Gasteiger partial charge in [0.2, 0.25) is 0 Å². The molecule has 1 aromatic carbocycles. The van der Waals surface area contributed by atoms with Crippen LogP contribution in [0.1, 0.15) is 5.56 Å². The Kier molecular flexibility index (Phi) is 5.01. The summed E-state index contributed by atoms with van der Waals surface area (Å²) in [5.41, 5.74) is 9.45. The Morgan fingerprint density at radius 3 is 2.80 bits per heavy atom. The van der Waals surface area contributed by atoms with Gasteiger partial charge in [-0.3, -0.25) is 0 Å². The SMILES string of the molecule is C=CCOC(Cc1ccccc1)N=[N+]=[N-]. The van der Waals surface area contributed by atoms with Gasteiger partial charge in [0.05, 0.1) is 6.61 Å². The van der Waals surface area contributed by atoms with Crippen LogP contribution in [0.2, 0.25) is 0 Å². The lowest BCUT2D eigenvalue weighted by Gasteiger charge is -2.10. The molecule has 0 radical (unpaired) electrons. The van der Waals surface area contributed by atoms with E-state index in [1.165, 1.54) is 0 Å². The van der Waals surface area contributed by atoms with Crippen molar-refractivity contribution in [2.75, 3.05) is 6.61 Å². The predicted molar refractivity (Wildman–Crippen MR) is 59.2 cm³/mol. The molecule has 0 aromatic heterocycles. The Labute approximate surface area is 88.8 Å². The molecular formula is C11H13N3O. The van der Waals surface area contributed by atoms with Crippen LogP contribution in [-0.2, 0) is 11.2 Å². The van der Waals surface area contributed by atoms with Crippen LogP contribution in [0.4, 0.5) is 0 Å². The number of azide groups is 1. The summed E-state index contributed by atoms with van der Waals surface area (Å²) in [4.78, 5) is 2.75. The summed E-state index contributed by atoms with van der Waals surface area (Å²) in [6.07, 6.45) is 1.75. The van der Waals surface area contributed by atoms with Crippen LogP contribution >= 0.6 is 0 Å². The van der Waals surface area contributed by atoms with Gasteiger partial charge in [-0.1, -0.05) is 41.5 Å². The molecule has 0 aliphatic carbocycles. The molecule has 0 saturated carbocycles. The third kappa shape index (κ3) is 4.31. The molecule has 4 heteroatoms. The fourth-order valence-electron chi connectivity index (χ4n) is 1.19. The average molecular weight is 203 g/mol. The van der Waals surface area contributed by atoms with Crippen LogP contribution in [-0.4, -0.2) is 12.8 Å². The molecule has 1 atom stereocenters. The number of hydrogen-bond acceptors (Lipinski definition) is 2. The molecule has 0 spiro atoms.